The van der Waals surface area contributed by atoms with Crippen molar-refractivity contribution in [2.24, 2.45) is 0 Å². The fourth-order valence-corrected chi connectivity index (χ4v) is 2.29. The van der Waals surface area contributed by atoms with Crippen LogP contribution in [-0.4, -0.2) is 130 Å². The molecule has 0 radical (unpaired) electrons. The third-order valence-corrected chi connectivity index (χ3v) is 4.17. The number of carbonyl (C=O) groups is 2. The summed E-state index contributed by atoms with van der Waals surface area (Å²) in [5.41, 5.74) is 0. The maximum absolute atomic E-state index is 10.7. The normalized spacial score (nSPS) is 11.3. The van der Waals surface area contributed by atoms with Crippen LogP contribution in [0.1, 0.15) is 26.7 Å². The van der Waals surface area contributed by atoms with Crippen molar-refractivity contribution in [3.05, 3.63) is 0 Å². The van der Waals surface area contributed by atoms with Gasteiger partial charge in [0.05, 0.1) is 119 Å². The summed E-state index contributed by atoms with van der Waals surface area (Å²) in [6, 6.07) is 0. The van der Waals surface area contributed by atoms with Gasteiger partial charge in [-0.15, -0.1) is 0 Å². The van der Waals surface area contributed by atoms with Crippen LogP contribution in [0.3, 0.4) is 0 Å². The predicted molar refractivity (Wildman–Crippen MR) is 128 cm³/mol. The van der Waals surface area contributed by atoms with E-state index in [1.54, 1.807) is 13.8 Å². The lowest BCUT2D eigenvalue weighted by Gasteiger charge is -2.08. The fourth-order valence-electron chi connectivity index (χ4n) is 2.29. The smallest absolute Gasteiger partial charge is 0.132 e. The van der Waals surface area contributed by atoms with Crippen molar-refractivity contribution in [2.45, 2.75) is 26.7 Å². The molecule has 208 valence electrons. The Morgan fingerprint density at radius 1 is 0.314 bits per heavy atom. The molecule has 35 heavy (non-hydrogen) atoms. The van der Waals surface area contributed by atoms with E-state index in [1.807, 2.05) is 0 Å². The van der Waals surface area contributed by atoms with E-state index in [2.05, 4.69) is 0 Å². The van der Waals surface area contributed by atoms with Crippen LogP contribution in [0.15, 0.2) is 0 Å². The van der Waals surface area contributed by atoms with Crippen LogP contribution in [0.5, 0.6) is 0 Å². The van der Waals surface area contributed by atoms with Gasteiger partial charge in [-0.3, -0.25) is 9.59 Å². The standard InChI is InChI=1S/C24H46O11/c1-23(25)3-5-27-7-9-29-11-13-31-15-17-33-19-21-35-22-20-34-18-16-32-14-12-30-10-8-28-6-4-24(2)26/h3-22H2,1-2H3. The second kappa shape index (κ2) is 29.2. The van der Waals surface area contributed by atoms with Crippen molar-refractivity contribution < 1.29 is 52.2 Å². The van der Waals surface area contributed by atoms with E-state index in [4.69, 9.17) is 42.6 Å². The molecule has 0 fully saturated rings. The predicted octanol–water partition coefficient (Wildman–Crippen LogP) is 1.09. The van der Waals surface area contributed by atoms with E-state index in [0.29, 0.717) is 132 Å². The Morgan fingerprint density at radius 2 is 0.457 bits per heavy atom. The van der Waals surface area contributed by atoms with Gasteiger partial charge in [-0.25, -0.2) is 0 Å². The molecule has 0 atom stereocenters. The number of hydrogen-bond donors (Lipinski definition) is 0. The van der Waals surface area contributed by atoms with Gasteiger partial charge < -0.3 is 42.6 Å². The maximum Gasteiger partial charge on any atom is 0.132 e. The molecule has 0 saturated carbocycles. The highest BCUT2D eigenvalue weighted by atomic mass is 16.6. The van der Waals surface area contributed by atoms with Gasteiger partial charge >= 0.3 is 0 Å². The first kappa shape index (κ1) is 34.0. The highest BCUT2D eigenvalue weighted by Crippen LogP contribution is 1.88. The van der Waals surface area contributed by atoms with Crippen LogP contribution >= 0.6 is 0 Å². The van der Waals surface area contributed by atoms with Crippen molar-refractivity contribution in [1.82, 2.24) is 0 Å². The van der Waals surface area contributed by atoms with E-state index in [9.17, 15) is 9.59 Å². The third kappa shape index (κ3) is 33.0. The number of hydrogen-bond acceptors (Lipinski definition) is 11. The Bertz CT molecular complexity index is 423. The molecule has 0 saturated heterocycles. The van der Waals surface area contributed by atoms with Gasteiger partial charge in [0.15, 0.2) is 0 Å². The lowest BCUT2D eigenvalue weighted by Crippen LogP contribution is -2.15. The summed E-state index contributed by atoms with van der Waals surface area (Å²) >= 11 is 0. The Kier molecular flexibility index (Phi) is 28.4. The first-order valence-corrected chi connectivity index (χ1v) is 12.3. The number of rotatable bonds is 30. The molecule has 0 aromatic rings. The second-order valence-corrected chi connectivity index (χ2v) is 7.42. The minimum Gasteiger partial charge on any atom is -0.379 e. The van der Waals surface area contributed by atoms with Gasteiger partial charge in [0, 0.05) is 12.8 Å². The SMILES string of the molecule is CC(=O)CCOCCOCCOCCOCCOCCOCCOCCOCCOCCC(C)=O. The van der Waals surface area contributed by atoms with Crippen LogP contribution in [0.2, 0.25) is 0 Å². The van der Waals surface area contributed by atoms with Crippen molar-refractivity contribution in [1.29, 1.82) is 0 Å². The molecule has 0 rings (SSSR count). The molecular weight excluding hydrogens is 464 g/mol. The maximum atomic E-state index is 10.7. The molecule has 11 heteroatoms. The van der Waals surface area contributed by atoms with Crippen molar-refractivity contribution in [3.8, 4) is 0 Å². The van der Waals surface area contributed by atoms with E-state index in [-0.39, 0.29) is 11.6 Å². The Morgan fingerprint density at radius 3 is 0.600 bits per heavy atom. The Balaban J connectivity index is 3.03. The Hall–Kier alpha value is -1.02. The van der Waals surface area contributed by atoms with Gasteiger partial charge in [-0.1, -0.05) is 0 Å². The van der Waals surface area contributed by atoms with E-state index in [0.717, 1.165) is 0 Å². The topological polar surface area (TPSA) is 117 Å². The molecule has 0 aliphatic carbocycles. The van der Waals surface area contributed by atoms with Crippen LogP contribution in [-0.2, 0) is 52.2 Å². The highest BCUT2D eigenvalue weighted by molar-refractivity contribution is 5.75. The summed E-state index contributed by atoms with van der Waals surface area (Å²) in [7, 11) is 0. The number of ether oxygens (including phenoxy) is 9. The first-order chi connectivity index (χ1) is 17.1. The number of Topliss-reactive ketones (excluding diaryl/α,β-unsaturated/α-hetero) is 2. The zero-order valence-corrected chi connectivity index (χ0v) is 21.6. The van der Waals surface area contributed by atoms with Crippen molar-refractivity contribution in [3.63, 3.8) is 0 Å². The molecular formula is C24H46O11. The Labute approximate surface area is 209 Å². The molecule has 0 heterocycles. The minimum absolute atomic E-state index is 0.126. The highest BCUT2D eigenvalue weighted by Gasteiger charge is 1.97. The number of ketones is 2. The van der Waals surface area contributed by atoms with Crippen LogP contribution < -0.4 is 0 Å². The summed E-state index contributed by atoms with van der Waals surface area (Å²) in [5.74, 6) is 0.251. The fraction of sp³-hybridized carbons (Fsp3) is 0.917. The van der Waals surface area contributed by atoms with Crippen molar-refractivity contribution in [2.75, 3.05) is 119 Å². The molecule has 0 unspecified atom stereocenters. The summed E-state index contributed by atoms with van der Waals surface area (Å²) in [6.45, 7) is 11.9. The van der Waals surface area contributed by atoms with E-state index in [1.165, 1.54) is 0 Å². The summed E-state index contributed by atoms with van der Waals surface area (Å²) < 4.78 is 48.3. The lowest BCUT2D eigenvalue weighted by atomic mass is 10.3. The molecule has 0 aromatic heterocycles. The summed E-state index contributed by atoms with van der Waals surface area (Å²) in [5, 5.41) is 0. The van der Waals surface area contributed by atoms with Gasteiger partial charge in [-0.2, -0.15) is 0 Å². The molecule has 0 aromatic carbocycles. The largest absolute Gasteiger partial charge is 0.379 e. The van der Waals surface area contributed by atoms with Crippen LogP contribution in [0.4, 0.5) is 0 Å². The van der Waals surface area contributed by atoms with Gasteiger partial charge in [0.1, 0.15) is 11.6 Å². The zero-order valence-electron chi connectivity index (χ0n) is 21.6. The average Bonchev–Trinajstić information content (AvgIpc) is 2.82. The van der Waals surface area contributed by atoms with E-state index >= 15 is 0 Å². The summed E-state index contributed by atoms with van der Waals surface area (Å²) in [6.07, 6.45) is 0.886. The molecule has 0 amide bonds. The average molecular weight is 511 g/mol. The van der Waals surface area contributed by atoms with E-state index < -0.39 is 0 Å². The quantitative estimate of drug-likeness (QED) is 0.129. The second-order valence-electron chi connectivity index (χ2n) is 7.42. The molecule has 0 aliphatic heterocycles. The number of carbonyl (C=O) groups excluding carboxylic acids is 2. The minimum atomic E-state index is 0.126. The molecule has 11 nitrogen and oxygen atoms in total. The zero-order chi connectivity index (χ0) is 25.7. The monoisotopic (exact) mass is 510 g/mol. The third-order valence-electron chi connectivity index (χ3n) is 4.17. The van der Waals surface area contributed by atoms with Crippen LogP contribution in [0, 0.1) is 0 Å². The lowest BCUT2D eigenvalue weighted by molar-refractivity contribution is -0.119. The molecule has 0 spiro atoms. The van der Waals surface area contributed by atoms with Crippen LogP contribution in [0.25, 0.3) is 0 Å². The summed E-state index contributed by atoms with van der Waals surface area (Å²) in [4.78, 5) is 21.5. The van der Waals surface area contributed by atoms with Gasteiger partial charge in [0.2, 0.25) is 0 Å². The molecule has 0 bridgehead atoms. The van der Waals surface area contributed by atoms with Crippen molar-refractivity contribution >= 4 is 11.6 Å². The first-order valence-electron chi connectivity index (χ1n) is 12.3. The molecule has 0 N–H and O–H groups in total. The van der Waals surface area contributed by atoms with Gasteiger partial charge in [-0.05, 0) is 13.8 Å². The molecule has 0 aliphatic rings. The van der Waals surface area contributed by atoms with Gasteiger partial charge in [0.25, 0.3) is 0 Å².